The Bertz CT molecular complexity index is 442. The first-order valence-corrected chi connectivity index (χ1v) is 7.05. The molecule has 1 aromatic rings. The standard InChI is InChI=1S/C14H22ClN3/c1-10(8-12-6-4-5-7-16-12)9-13-14(15)11(2)17-18(13)3/h9,12,16H,4-8H2,1-3H3. The van der Waals surface area contributed by atoms with Gasteiger partial charge >= 0.3 is 0 Å². The highest BCUT2D eigenvalue weighted by Crippen LogP contribution is 2.23. The first kappa shape index (κ1) is 13.6. The Balaban J connectivity index is 2.07. The fourth-order valence-electron chi connectivity index (χ4n) is 2.59. The summed E-state index contributed by atoms with van der Waals surface area (Å²) in [5, 5.41) is 8.68. The average molecular weight is 268 g/mol. The van der Waals surface area contributed by atoms with E-state index in [1.54, 1.807) is 0 Å². The molecule has 4 heteroatoms. The fraction of sp³-hybridized carbons (Fsp3) is 0.643. The molecule has 1 aromatic heterocycles. The molecule has 3 nitrogen and oxygen atoms in total. The topological polar surface area (TPSA) is 29.9 Å². The van der Waals surface area contributed by atoms with E-state index in [9.17, 15) is 0 Å². The Kier molecular flexibility index (Phi) is 4.46. The van der Waals surface area contributed by atoms with E-state index in [4.69, 9.17) is 11.6 Å². The molecule has 1 saturated heterocycles. The highest BCUT2D eigenvalue weighted by molar-refractivity contribution is 6.32. The lowest BCUT2D eigenvalue weighted by atomic mass is 9.98. The van der Waals surface area contributed by atoms with Crippen molar-refractivity contribution in [2.75, 3.05) is 6.54 Å². The second-order valence-electron chi connectivity index (χ2n) is 5.25. The number of halogens is 1. The van der Waals surface area contributed by atoms with Gasteiger partial charge in [-0.2, -0.15) is 5.10 Å². The number of aryl methyl sites for hydroxylation is 2. The van der Waals surface area contributed by atoms with Crippen molar-refractivity contribution >= 4 is 17.7 Å². The number of hydrogen-bond acceptors (Lipinski definition) is 2. The predicted octanol–water partition coefficient (Wildman–Crippen LogP) is 3.32. The number of nitrogens with zero attached hydrogens (tertiary/aromatic N) is 2. The second kappa shape index (κ2) is 5.89. The molecule has 2 rings (SSSR count). The van der Waals surface area contributed by atoms with Crippen molar-refractivity contribution in [2.24, 2.45) is 7.05 Å². The molecular weight excluding hydrogens is 246 g/mol. The van der Waals surface area contributed by atoms with Crippen molar-refractivity contribution in [1.82, 2.24) is 15.1 Å². The van der Waals surface area contributed by atoms with Gasteiger partial charge in [0.25, 0.3) is 0 Å². The molecule has 0 aliphatic carbocycles. The lowest BCUT2D eigenvalue weighted by Crippen LogP contribution is -2.33. The third-order valence-corrected chi connectivity index (χ3v) is 4.02. The second-order valence-corrected chi connectivity index (χ2v) is 5.63. The van der Waals surface area contributed by atoms with Gasteiger partial charge in [0, 0.05) is 13.1 Å². The van der Waals surface area contributed by atoms with Crippen LogP contribution in [0.15, 0.2) is 5.57 Å². The van der Waals surface area contributed by atoms with Crippen LogP contribution in [0.5, 0.6) is 0 Å². The molecule has 0 spiro atoms. The predicted molar refractivity (Wildman–Crippen MR) is 76.9 cm³/mol. The molecule has 18 heavy (non-hydrogen) atoms. The quantitative estimate of drug-likeness (QED) is 0.911. The van der Waals surface area contributed by atoms with Crippen LogP contribution in [0, 0.1) is 6.92 Å². The molecule has 2 heterocycles. The lowest BCUT2D eigenvalue weighted by Gasteiger charge is -2.23. The molecule has 0 radical (unpaired) electrons. The zero-order valence-electron chi connectivity index (χ0n) is 11.5. The minimum absolute atomic E-state index is 0.628. The first-order valence-electron chi connectivity index (χ1n) is 6.67. The van der Waals surface area contributed by atoms with E-state index >= 15 is 0 Å². The van der Waals surface area contributed by atoms with E-state index < -0.39 is 0 Å². The van der Waals surface area contributed by atoms with Gasteiger partial charge in [0.15, 0.2) is 0 Å². The van der Waals surface area contributed by atoms with E-state index in [0.29, 0.717) is 6.04 Å². The van der Waals surface area contributed by atoms with Crippen LogP contribution in [0.2, 0.25) is 5.02 Å². The number of piperidine rings is 1. The van der Waals surface area contributed by atoms with Crippen LogP contribution in [-0.4, -0.2) is 22.4 Å². The first-order chi connectivity index (χ1) is 8.58. The number of nitrogens with one attached hydrogen (secondary N) is 1. The summed E-state index contributed by atoms with van der Waals surface area (Å²) in [6, 6.07) is 0.628. The zero-order chi connectivity index (χ0) is 13.1. The molecule has 0 aromatic carbocycles. The summed E-state index contributed by atoms with van der Waals surface area (Å²) in [6.07, 6.45) is 7.20. The van der Waals surface area contributed by atoms with Gasteiger partial charge in [-0.25, -0.2) is 0 Å². The summed E-state index contributed by atoms with van der Waals surface area (Å²) in [5.74, 6) is 0. The number of rotatable bonds is 3. The van der Waals surface area contributed by atoms with Gasteiger partial charge in [-0.05, 0) is 45.7 Å². The van der Waals surface area contributed by atoms with Gasteiger partial charge in [-0.1, -0.05) is 23.6 Å². The molecule has 1 fully saturated rings. The minimum atomic E-state index is 0.628. The van der Waals surface area contributed by atoms with Crippen molar-refractivity contribution < 1.29 is 0 Å². The highest BCUT2D eigenvalue weighted by atomic mass is 35.5. The summed E-state index contributed by atoms with van der Waals surface area (Å²) >= 11 is 6.26. The smallest absolute Gasteiger partial charge is 0.0888 e. The van der Waals surface area contributed by atoms with Crippen molar-refractivity contribution in [3.63, 3.8) is 0 Å². The van der Waals surface area contributed by atoms with E-state index in [1.165, 1.54) is 24.8 Å². The number of aromatic nitrogens is 2. The Morgan fingerprint density at radius 2 is 2.33 bits per heavy atom. The van der Waals surface area contributed by atoms with Crippen LogP contribution in [0.1, 0.15) is 44.0 Å². The van der Waals surface area contributed by atoms with Crippen LogP contribution in [0.4, 0.5) is 0 Å². The largest absolute Gasteiger partial charge is 0.314 e. The van der Waals surface area contributed by atoms with E-state index in [2.05, 4.69) is 23.4 Å². The summed E-state index contributed by atoms with van der Waals surface area (Å²) in [7, 11) is 1.94. The van der Waals surface area contributed by atoms with Crippen molar-refractivity contribution in [1.29, 1.82) is 0 Å². The molecule has 1 aliphatic rings. The van der Waals surface area contributed by atoms with Crippen molar-refractivity contribution in [2.45, 2.75) is 45.6 Å². The SMILES string of the molecule is CC(=Cc1c(Cl)c(C)nn1C)CC1CCCCN1. The molecule has 0 saturated carbocycles. The molecule has 1 N–H and O–H groups in total. The Morgan fingerprint density at radius 3 is 2.89 bits per heavy atom. The Hall–Kier alpha value is -0.800. The maximum Gasteiger partial charge on any atom is 0.0888 e. The van der Waals surface area contributed by atoms with Gasteiger partial charge in [-0.15, -0.1) is 0 Å². The maximum atomic E-state index is 6.26. The van der Waals surface area contributed by atoms with Crippen LogP contribution in [-0.2, 0) is 7.05 Å². The Morgan fingerprint density at radius 1 is 1.56 bits per heavy atom. The summed E-state index contributed by atoms with van der Waals surface area (Å²) in [6.45, 7) is 5.27. The minimum Gasteiger partial charge on any atom is -0.314 e. The van der Waals surface area contributed by atoms with Crippen LogP contribution in [0.3, 0.4) is 0 Å². The van der Waals surface area contributed by atoms with Gasteiger partial charge in [-0.3, -0.25) is 4.68 Å². The summed E-state index contributed by atoms with van der Waals surface area (Å²) in [5.41, 5.74) is 3.27. The maximum absolute atomic E-state index is 6.26. The van der Waals surface area contributed by atoms with Crippen molar-refractivity contribution in [3.8, 4) is 0 Å². The third-order valence-electron chi connectivity index (χ3n) is 3.56. The van der Waals surface area contributed by atoms with Crippen LogP contribution in [0.25, 0.3) is 6.08 Å². The zero-order valence-corrected chi connectivity index (χ0v) is 12.2. The normalized spacial score (nSPS) is 21.3. The van der Waals surface area contributed by atoms with Crippen LogP contribution < -0.4 is 5.32 Å². The molecule has 0 bridgehead atoms. The fourth-order valence-corrected chi connectivity index (χ4v) is 2.80. The van der Waals surface area contributed by atoms with Crippen molar-refractivity contribution in [3.05, 3.63) is 22.0 Å². The van der Waals surface area contributed by atoms with Gasteiger partial charge in [0.2, 0.25) is 0 Å². The lowest BCUT2D eigenvalue weighted by molar-refractivity contribution is 0.399. The molecule has 1 unspecified atom stereocenters. The molecule has 100 valence electrons. The van der Waals surface area contributed by atoms with Crippen LogP contribution >= 0.6 is 11.6 Å². The highest BCUT2D eigenvalue weighted by Gasteiger charge is 2.14. The summed E-state index contributed by atoms with van der Waals surface area (Å²) < 4.78 is 1.86. The van der Waals surface area contributed by atoms with Gasteiger partial charge in [0.05, 0.1) is 16.4 Å². The summed E-state index contributed by atoms with van der Waals surface area (Å²) in [4.78, 5) is 0. The monoisotopic (exact) mass is 267 g/mol. The van der Waals surface area contributed by atoms with E-state index in [1.807, 2.05) is 18.7 Å². The van der Waals surface area contributed by atoms with E-state index in [-0.39, 0.29) is 0 Å². The molecule has 0 amide bonds. The Labute approximate surface area is 114 Å². The third kappa shape index (κ3) is 3.15. The molecular formula is C14H22ClN3. The molecule has 1 atom stereocenters. The molecule has 1 aliphatic heterocycles. The van der Waals surface area contributed by atoms with Gasteiger partial charge < -0.3 is 5.32 Å². The van der Waals surface area contributed by atoms with E-state index in [0.717, 1.165) is 29.4 Å². The average Bonchev–Trinajstić information content (AvgIpc) is 2.57. The number of hydrogen-bond donors (Lipinski definition) is 1. The van der Waals surface area contributed by atoms with Gasteiger partial charge in [0.1, 0.15) is 0 Å².